The van der Waals surface area contributed by atoms with Crippen LogP contribution in [-0.2, 0) is 11.5 Å². The predicted octanol–water partition coefficient (Wildman–Crippen LogP) is -1.90. The SMILES string of the molecule is NC([O-])=c1cc[n+](=COC[n+]2ccccc2/C=N/O)cc1. The maximum atomic E-state index is 10.9. The lowest BCUT2D eigenvalue weighted by Crippen LogP contribution is -2.39. The van der Waals surface area contributed by atoms with Gasteiger partial charge in [0.1, 0.15) is 6.21 Å². The lowest BCUT2D eigenvalue weighted by Gasteiger charge is -2.00. The Morgan fingerprint density at radius 1 is 1.29 bits per heavy atom. The van der Waals surface area contributed by atoms with Crippen LogP contribution in [0.5, 0.6) is 0 Å². The Labute approximate surface area is 120 Å². The summed E-state index contributed by atoms with van der Waals surface area (Å²) in [6.07, 6.45) is 7.92. The van der Waals surface area contributed by atoms with Gasteiger partial charge in [0.05, 0.1) is 0 Å². The molecule has 0 radical (unpaired) electrons. The van der Waals surface area contributed by atoms with E-state index in [1.807, 2.05) is 12.1 Å². The first-order valence-electron chi connectivity index (χ1n) is 6.12. The van der Waals surface area contributed by atoms with Crippen molar-refractivity contribution in [2.75, 3.05) is 0 Å². The van der Waals surface area contributed by atoms with E-state index in [2.05, 4.69) is 5.16 Å². The van der Waals surface area contributed by atoms with Gasteiger partial charge in [-0.3, -0.25) is 0 Å². The Bertz CT molecular complexity index is 732. The molecule has 0 spiro atoms. The maximum Gasteiger partial charge on any atom is 0.339 e. The highest BCUT2D eigenvalue weighted by molar-refractivity contribution is 5.74. The van der Waals surface area contributed by atoms with Crippen LogP contribution in [0.4, 0.5) is 0 Å². The third-order valence-electron chi connectivity index (χ3n) is 2.71. The zero-order valence-electron chi connectivity index (χ0n) is 11.2. The van der Waals surface area contributed by atoms with Crippen molar-refractivity contribution in [3.63, 3.8) is 0 Å². The number of rotatable bonds is 4. The van der Waals surface area contributed by atoms with E-state index in [0.29, 0.717) is 10.9 Å². The summed E-state index contributed by atoms with van der Waals surface area (Å²) in [5, 5.41) is 23.0. The molecule has 0 atom stereocenters. The number of nitrogens with zero attached hydrogens (tertiary/aromatic N) is 3. The zero-order chi connectivity index (χ0) is 15.1. The molecule has 2 rings (SSSR count). The molecule has 7 nitrogen and oxygen atoms in total. The summed E-state index contributed by atoms with van der Waals surface area (Å²) in [5.41, 5.74) is 5.86. The minimum absolute atomic E-state index is 0.243. The van der Waals surface area contributed by atoms with Crippen LogP contribution in [0.25, 0.3) is 5.88 Å². The lowest BCUT2D eigenvalue weighted by atomic mass is 10.3. The highest BCUT2D eigenvalue weighted by Gasteiger charge is 2.06. The Morgan fingerprint density at radius 2 is 2.05 bits per heavy atom. The number of ether oxygens (including phenoxy) is 1. The van der Waals surface area contributed by atoms with E-state index in [1.165, 1.54) is 12.6 Å². The van der Waals surface area contributed by atoms with E-state index in [9.17, 15) is 5.11 Å². The van der Waals surface area contributed by atoms with Gasteiger partial charge in [-0.2, -0.15) is 4.57 Å². The first kappa shape index (κ1) is 14.3. The van der Waals surface area contributed by atoms with E-state index >= 15 is 0 Å². The third kappa shape index (κ3) is 3.93. The smallest absolute Gasteiger partial charge is 0.339 e. The highest BCUT2D eigenvalue weighted by Crippen LogP contribution is 1.87. The molecule has 0 aromatic carbocycles. The van der Waals surface area contributed by atoms with Crippen LogP contribution < -0.4 is 24.9 Å². The van der Waals surface area contributed by atoms with Crippen molar-refractivity contribution in [2.45, 2.75) is 6.73 Å². The van der Waals surface area contributed by atoms with Gasteiger partial charge in [-0.05, 0) is 17.2 Å². The Balaban J connectivity index is 2.10. The second-order valence-corrected chi connectivity index (χ2v) is 4.14. The van der Waals surface area contributed by atoms with Gasteiger partial charge in [-0.1, -0.05) is 5.16 Å². The van der Waals surface area contributed by atoms with Crippen LogP contribution in [-0.4, -0.2) is 11.4 Å². The molecule has 108 valence electrons. The van der Waals surface area contributed by atoms with Gasteiger partial charge in [-0.25, -0.2) is 0 Å². The van der Waals surface area contributed by atoms with E-state index < -0.39 is 5.88 Å². The van der Waals surface area contributed by atoms with Crippen molar-refractivity contribution in [3.05, 3.63) is 66.2 Å². The van der Waals surface area contributed by atoms with Crippen LogP contribution in [0.1, 0.15) is 5.69 Å². The van der Waals surface area contributed by atoms with E-state index in [4.69, 9.17) is 15.7 Å². The van der Waals surface area contributed by atoms with Crippen LogP contribution >= 0.6 is 0 Å². The molecule has 2 aromatic heterocycles. The third-order valence-corrected chi connectivity index (χ3v) is 2.71. The van der Waals surface area contributed by atoms with E-state index in [0.717, 1.165) is 0 Å². The first-order valence-corrected chi connectivity index (χ1v) is 6.12. The van der Waals surface area contributed by atoms with Crippen molar-refractivity contribution >= 4 is 12.1 Å². The number of hydrogen-bond donors (Lipinski definition) is 2. The number of pyridine rings is 2. The molecule has 0 bridgehead atoms. The minimum atomic E-state index is -0.476. The quantitative estimate of drug-likeness (QED) is 0.297. The second kappa shape index (κ2) is 6.90. The lowest BCUT2D eigenvalue weighted by molar-refractivity contribution is -0.736. The Hall–Kier alpha value is -3.09. The molecule has 0 aliphatic heterocycles. The van der Waals surface area contributed by atoms with Crippen molar-refractivity contribution < 1.29 is 23.9 Å². The van der Waals surface area contributed by atoms with Crippen LogP contribution in [0.2, 0.25) is 0 Å². The summed E-state index contributed by atoms with van der Waals surface area (Å²) in [5.74, 6) is -0.476. The van der Waals surface area contributed by atoms with Gasteiger partial charge in [0, 0.05) is 24.3 Å². The molecule has 0 fully saturated rings. The molecular weight excluding hydrogens is 272 g/mol. The van der Waals surface area contributed by atoms with Crippen molar-refractivity contribution in [1.82, 2.24) is 0 Å². The van der Waals surface area contributed by atoms with E-state index in [1.54, 1.807) is 45.6 Å². The van der Waals surface area contributed by atoms with Gasteiger partial charge in [0.15, 0.2) is 18.6 Å². The molecule has 21 heavy (non-hydrogen) atoms. The fourth-order valence-electron chi connectivity index (χ4n) is 1.66. The standard InChI is InChI=1S/C14H14N4O3/c15-14(19)12-4-7-17(8-5-12)10-21-11-18-6-2-1-3-13(18)9-16-20/h1-10H,11,15H2/p+1. The highest BCUT2D eigenvalue weighted by atomic mass is 16.5. The largest absolute Gasteiger partial charge is 0.860 e. The summed E-state index contributed by atoms with van der Waals surface area (Å²) < 4.78 is 8.84. The summed E-state index contributed by atoms with van der Waals surface area (Å²) in [6, 6.07) is 8.66. The summed E-state index contributed by atoms with van der Waals surface area (Å²) in [7, 11) is 0. The van der Waals surface area contributed by atoms with Crippen LogP contribution in [0.15, 0.2) is 54.1 Å². The monoisotopic (exact) mass is 287 g/mol. The summed E-state index contributed by atoms with van der Waals surface area (Å²) >= 11 is 0. The van der Waals surface area contributed by atoms with Gasteiger partial charge in [0.25, 0.3) is 6.73 Å². The second-order valence-electron chi connectivity index (χ2n) is 4.14. The van der Waals surface area contributed by atoms with Crippen LogP contribution in [0.3, 0.4) is 0 Å². The number of hydrogen-bond acceptors (Lipinski definition) is 5. The minimum Gasteiger partial charge on any atom is -0.860 e. The fraction of sp³-hybridized carbons (Fsp3) is 0.0714. The van der Waals surface area contributed by atoms with Crippen LogP contribution in [0, 0.1) is 6.40 Å². The topological polar surface area (TPSA) is 101 Å². The molecule has 0 unspecified atom stereocenters. The first-order chi connectivity index (χ1) is 10.2. The molecule has 7 heteroatoms. The van der Waals surface area contributed by atoms with Gasteiger partial charge in [-0.15, -0.1) is 4.24 Å². The molecule has 2 heterocycles. The van der Waals surface area contributed by atoms with Crippen molar-refractivity contribution in [2.24, 2.45) is 10.9 Å². The average Bonchev–Trinajstić information content (AvgIpc) is 2.50. The maximum absolute atomic E-state index is 10.9. The molecular formula is C14H15N4O3+. The molecule has 2 aromatic rings. The van der Waals surface area contributed by atoms with Crippen molar-refractivity contribution in [3.8, 4) is 0 Å². The summed E-state index contributed by atoms with van der Waals surface area (Å²) in [4.78, 5) is 0. The summed E-state index contributed by atoms with van der Waals surface area (Å²) in [6.45, 7) is 0.243. The van der Waals surface area contributed by atoms with Gasteiger partial charge >= 0.3 is 6.40 Å². The number of aromatic nitrogens is 2. The Morgan fingerprint density at radius 3 is 2.71 bits per heavy atom. The molecule has 0 aliphatic carbocycles. The normalized spacial score (nSPS) is 10.5. The number of oxime groups is 1. The Kier molecular flexibility index (Phi) is 4.70. The molecule has 0 saturated carbocycles. The molecule has 0 aliphatic rings. The number of nitrogens with two attached hydrogens (primary N) is 1. The van der Waals surface area contributed by atoms with Gasteiger partial charge < -0.3 is 20.8 Å². The predicted molar refractivity (Wildman–Crippen MR) is 70.7 cm³/mol. The zero-order valence-corrected chi connectivity index (χ0v) is 11.2. The molecule has 0 saturated heterocycles. The van der Waals surface area contributed by atoms with Crippen molar-refractivity contribution in [1.29, 1.82) is 0 Å². The molecule has 0 amide bonds. The molecule has 3 N–H and O–H groups in total. The average molecular weight is 287 g/mol. The van der Waals surface area contributed by atoms with Gasteiger partial charge in [0.2, 0.25) is 5.69 Å². The fourth-order valence-corrected chi connectivity index (χ4v) is 1.66. The van der Waals surface area contributed by atoms with E-state index in [-0.39, 0.29) is 6.73 Å².